The van der Waals surface area contributed by atoms with E-state index in [1.54, 1.807) is 36.1 Å². The highest BCUT2D eigenvalue weighted by molar-refractivity contribution is 5.94. The van der Waals surface area contributed by atoms with Gasteiger partial charge in [-0.1, -0.05) is 6.07 Å². The van der Waals surface area contributed by atoms with Gasteiger partial charge in [-0.3, -0.25) is 9.69 Å². The quantitative estimate of drug-likeness (QED) is 0.717. The number of anilines is 1. The predicted molar refractivity (Wildman–Crippen MR) is 72.8 cm³/mol. The molecule has 6 heteroatoms. The molecule has 0 aromatic heterocycles. The summed E-state index contributed by atoms with van der Waals surface area (Å²) in [6.07, 6.45) is -1.63. The van der Waals surface area contributed by atoms with Crippen LogP contribution >= 0.6 is 0 Å². The second-order valence-electron chi connectivity index (χ2n) is 4.95. The van der Waals surface area contributed by atoms with Gasteiger partial charge in [-0.05, 0) is 25.1 Å². The van der Waals surface area contributed by atoms with Crippen LogP contribution in [0.25, 0.3) is 0 Å². The van der Waals surface area contributed by atoms with Crippen molar-refractivity contribution in [2.24, 2.45) is 0 Å². The van der Waals surface area contributed by atoms with Gasteiger partial charge < -0.3 is 15.5 Å². The number of nitriles is 1. The first-order valence-electron chi connectivity index (χ1n) is 6.42. The van der Waals surface area contributed by atoms with E-state index in [9.17, 15) is 15.0 Å². The van der Waals surface area contributed by atoms with Gasteiger partial charge in [-0.2, -0.15) is 5.26 Å². The number of carbonyl (C=O) groups excluding carboxylic acids is 1. The molecule has 0 aliphatic carbocycles. The standard InChI is InChI=1S/C14H17N3O3/c1-9(17-7-12(18)13(19)8-17)14(20)16-11-4-2-3-10(5-11)6-15/h2-5,9,12-13,18-19H,7-8H2,1H3,(H,16,20). The third-order valence-corrected chi connectivity index (χ3v) is 3.47. The highest BCUT2D eigenvalue weighted by Gasteiger charge is 2.34. The van der Waals surface area contributed by atoms with E-state index >= 15 is 0 Å². The molecule has 1 amide bonds. The largest absolute Gasteiger partial charge is 0.389 e. The van der Waals surface area contributed by atoms with Crippen molar-refractivity contribution in [3.63, 3.8) is 0 Å². The van der Waals surface area contributed by atoms with E-state index in [2.05, 4.69) is 5.32 Å². The molecule has 0 radical (unpaired) electrons. The fraction of sp³-hybridized carbons (Fsp3) is 0.429. The minimum Gasteiger partial charge on any atom is -0.389 e. The van der Waals surface area contributed by atoms with Crippen LogP contribution in [0, 0.1) is 11.3 Å². The lowest BCUT2D eigenvalue weighted by molar-refractivity contribution is -0.120. The topological polar surface area (TPSA) is 96.6 Å². The van der Waals surface area contributed by atoms with Gasteiger partial charge in [-0.15, -0.1) is 0 Å². The SMILES string of the molecule is CC(C(=O)Nc1cccc(C#N)c1)N1CC(O)C(O)C1. The first-order chi connectivity index (χ1) is 9.51. The molecule has 1 saturated heterocycles. The number of aliphatic hydroxyl groups excluding tert-OH is 2. The molecule has 2 rings (SSSR count). The van der Waals surface area contributed by atoms with Crippen LogP contribution in [0.2, 0.25) is 0 Å². The maximum absolute atomic E-state index is 12.1. The molecule has 0 bridgehead atoms. The molecule has 1 aromatic rings. The molecular weight excluding hydrogens is 258 g/mol. The number of hydrogen-bond acceptors (Lipinski definition) is 5. The molecule has 20 heavy (non-hydrogen) atoms. The Morgan fingerprint density at radius 3 is 2.70 bits per heavy atom. The van der Waals surface area contributed by atoms with E-state index in [-0.39, 0.29) is 19.0 Å². The lowest BCUT2D eigenvalue weighted by Crippen LogP contribution is -2.41. The van der Waals surface area contributed by atoms with Crippen molar-refractivity contribution in [3.05, 3.63) is 29.8 Å². The third-order valence-electron chi connectivity index (χ3n) is 3.47. The monoisotopic (exact) mass is 275 g/mol. The number of hydrogen-bond donors (Lipinski definition) is 3. The number of likely N-dealkylation sites (tertiary alicyclic amines) is 1. The van der Waals surface area contributed by atoms with E-state index < -0.39 is 18.2 Å². The van der Waals surface area contributed by atoms with Crippen LogP contribution in [0.1, 0.15) is 12.5 Å². The molecule has 6 nitrogen and oxygen atoms in total. The van der Waals surface area contributed by atoms with Crippen molar-refractivity contribution >= 4 is 11.6 Å². The Balaban J connectivity index is 1.99. The molecule has 1 aliphatic heterocycles. The summed E-state index contributed by atoms with van der Waals surface area (Å²) in [5.41, 5.74) is 1.03. The van der Waals surface area contributed by atoms with Crippen LogP contribution in [0.4, 0.5) is 5.69 Å². The zero-order valence-electron chi connectivity index (χ0n) is 11.2. The van der Waals surface area contributed by atoms with Crippen LogP contribution in [0.5, 0.6) is 0 Å². The summed E-state index contributed by atoms with van der Waals surface area (Å²) in [7, 11) is 0. The van der Waals surface area contributed by atoms with Gasteiger partial charge in [0.05, 0.1) is 29.9 Å². The van der Waals surface area contributed by atoms with Crippen molar-refractivity contribution in [2.45, 2.75) is 25.2 Å². The van der Waals surface area contributed by atoms with Gasteiger partial charge in [0.1, 0.15) is 0 Å². The summed E-state index contributed by atoms with van der Waals surface area (Å²) in [5, 5.41) is 30.5. The summed E-state index contributed by atoms with van der Waals surface area (Å²) >= 11 is 0. The van der Waals surface area contributed by atoms with Crippen LogP contribution in [0.15, 0.2) is 24.3 Å². The normalized spacial score (nSPS) is 24.1. The summed E-state index contributed by atoms with van der Waals surface area (Å²) in [6.45, 7) is 2.26. The van der Waals surface area contributed by atoms with E-state index in [1.165, 1.54) is 0 Å². The zero-order valence-corrected chi connectivity index (χ0v) is 11.2. The number of carbonyl (C=O) groups is 1. The Hall–Kier alpha value is -1.94. The van der Waals surface area contributed by atoms with Crippen LogP contribution in [-0.2, 0) is 4.79 Å². The third kappa shape index (κ3) is 3.14. The Labute approximate surface area is 117 Å². The van der Waals surface area contributed by atoms with Gasteiger partial charge in [0.2, 0.25) is 5.91 Å². The summed E-state index contributed by atoms with van der Waals surface area (Å²) in [4.78, 5) is 13.8. The molecular formula is C14H17N3O3. The number of amides is 1. The maximum Gasteiger partial charge on any atom is 0.241 e. The van der Waals surface area contributed by atoms with Gasteiger partial charge in [0.15, 0.2) is 0 Å². The summed E-state index contributed by atoms with van der Waals surface area (Å²) < 4.78 is 0. The summed E-state index contributed by atoms with van der Waals surface area (Å²) in [6, 6.07) is 8.20. The molecule has 3 N–H and O–H groups in total. The zero-order chi connectivity index (χ0) is 14.7. The van der Waals surface area contributed by atoms with Gasteiger partial charge in [0, 0.05) is 18.8 Å². The lowest BCUT2D eigenvalue weighted by atomic mass is 10.2. The van der Waals surface area contributed by atoms with Crippen LogP contribution in [0.3, 0.4) is 0 Å². The van der Waals surface area contributed by atoms with Crippen LogP contribution < -0.4 is 5.32 Å². The highest BCUT2D eigenvalue weighted by Crippen LogP contribution is 2.16. The van der Waals surface area contributed by atoms with Gasteiger partial charge in [-0.25, -0.2) is 0 Å². The second kappa shape index (κ2) is 6.01. The molecule has 1 heterocycles. The van der Waals surface area contributed by atoms with Crippen molar-refractivity contribution in [1.29, 1.82) is 5.26 Å². The molecule has 1 aromatic carbocycles. The molecule has 3 unspecified atom stereocenters. The number of aliphatic hydroxyl groups is 2. The first-order valence-corrected chi connectivity index (χ1v) is 6.42. The second-order valence-corrected chi connectivity index (χ2v) is 4.95. The Morgan fingerprint density at radius 1 is 1.45 bits per heavy atom. The predicted octanol–water partition coefficient (Wildman–Crippen LogP) is -0.0773. The molecule has 0 saturated carbocycles. The van der Waals surface area contributed by atoms with Crippen LogP contribution in [-0.4, -0.2) is 52.4 Å². The van der Waals surface area contributed by atoms with Gasteiger partial charge in [0.25, 0.3) is 0 Å². The Morgan fingerprint density at radius 2 is 2.10 bits per heavy atom. The van der Waals surface area contributed by atoms with Crippen molar-refractivity contribution in [2.75, 3.05) is 18.4 Å². The first kappa shape index (κ1) is 14.5. The smallest absolute Gasteiger partial charge is 0.241 e. The number of benzene rings is 1. The lowest BCUT2D eigenvalue weighted by Gasteiger charge is -2.22. The summed E-state index contributed by atoms with van der Waals surface area (Å²) in [5.74, 6) is -0.235. The van der Waals surface area contributed by atoms with Crippen molar-refractivity contribution in [3.8, 4) is 6.07 Å². The van der Waals surface area contributed by atoms with Crippen molar-refractivity contribution < 1.29 is 15.0 Å². The number of rotatable bonds is 3. The molecule has 0 spiro atoms. The fourth-order valence-corrected chi connectivity index (χ4v) is 2.19. The molecule has 1 fully saturated rings. The Kier molecular flexibility index (Phi) is 4.35. The van der Waals surface area contributed by atoms with E-state index in [0.29, 0.717) is 11.3 Å². The van der Waals surface area contributed by atoms with Crippen molar-refractivity contribution in [1.82, 2.24) is 4.90 Å². The fourth-order valence-electron chi connectivity index (χ4n) is 2.19. The minimum atomic E-state index is -0.813. The Bertz CT molecular complexity index is 531. The van der Waals surface area contributed by atoms with E-state index in [0.717, 1.165) is 0 Å². The number of nitrogens with one attached hydrogen (secondary N) is 1. The average Bonchev–Trinajstić information content (AvgIpc) is 2.78. The van der Waals surface area contributed by atoms with E-state index in [4.69, 9.17) is 5.26 Å². The maximum atomic E-state index is 12.1. The average molecular weight is 275 g/mol. The highest BCUT2D eigenvalue weighted by atomic mass is 16.3. The molecule has 3 atom stereocenters. The van der Waals surface area contributed by atoms with Gasteiger partial charge >= 0.3 is 0 Å². The minimum absolute atomic E-state index is 0.235. The van der Waals surface area contributed by atoms with E-state index in [1.807, 2.05) is 6.07 Å². The molecule has 1 aliphatic rings. The number of β-amino-alcohol motifs (C(OH)–C–C–N with tert-alkyl or cyclic N) is 2. The molecule has 106 valence electrons. The number of nitrogens with zero attached hydrogens (tertiary/aromatic N) is 2.